The van der Waals surface area contributed by atoms with E-state index in [0.717, 1.165) is 18.1 Å². The number of thiazole rings is 1. The molecule has 1 aromatic heterocycles. The molecule has 1 unspecified atom stereocenters. The van der Waals surface area contributed by atoms with Crippen molar-refractivity contribution in [2.45, 2.75) is 51.5 Å². The van der Waals surface area contributed by atoms with Crippen molar-refractivity contribution in [3.63, 3.8) is 0 Å². The molecule has 4 heteroatoms. The van der Waals surface area contributed by atoms with E-state index in [0.29, 0.717) is 5.92 Å². The number of anilines is 1. The molecule has 3 nitrogen and oxygen atoms in total. The van der Waals surface area contributed by atoms with Gasteiger partial charge in [-0.1, -0.05) is 0 Å². The van der Waals surface area contributed by atoms with Gasteiger partial charge in [0.15, 0.2) is 5.13 Å². The molecule has 2 rings (SSSR count). The predicted octanol–water partition coefficient (Wildman–Crippen LogP) is 2.53. The van der Waals surface area contributed by atoms with Gasteiger partial charge in [-0.2, -0.15) is 0 Å². The largest absolute Gasteiger partial charge is 0.375 e. The van der Waals surface area contributed by atoms with Crippen molar-refractivity contribution in [3.05, 3.63) is 10.6 Å². The summed E-state index contributed by atoms with van der Waals surface area (Å²) in [5.74, 6) is 0.552. The van der Waals surface area contributed by atoms with Gasteiger partial charge in [0.2, 0.25) is 0 Å². The van der Waals surface area contributed by atoms with E-state index in [1.165, 1.54) is 23.4 Å². The van der Waals surface area contributed by atoms with Crippen LogP contribution in [-0.4, -0.2) is 17.1 Å². The molecule has 1 aliphatic carbocycles. The van der Waals surface area contributed by atoms with Crippen LogP contribution in [0.25, 0.3) is 0 Å². The number of aryl methyl sites for hydroxylation is 1. The smallest absolute Gasteiger partial charge is 0.180 e. The maximum absolute atomic E-state index is 5.79. The fourth-order valence-corrected chi connectivity index (χ4v) is 3.11. The molecule has 0 aromatic carbocycles. The molecule has 0 bridgehead atoms. The van der Waals surface area contributed by atoms with Crippen LogP contribution in [0.4, 0.5) is 5.13 Å². The van der Waals surface area contributed by atoms with Crippen LogP contribution in [0, 0.1) is 0 Å². The molecule has 1 aliphatic rings. The van der Waals surface area contributed by atoms with Crippen LogP contribution in [0.15, 0.2) is 0 Å². The van der Waals surface area contributed by atoms with E-state index in [-0.39, 0.29) is 5.54 Å². The lowest BCUT2D eigenvalue weighted by Gasteiger charge is -2.27. The third kappa shape index (κ3) is 2.74. The molecule has 0 aliphatic heterocycles. The van der Waals surface area contributed by atoms with Gasteiger partial charge in [-0.05, 0) is 40.0 Å². The summed E-state index contributed by atoms with van der Waals surface area (Å²) in [7, 11) is 0. The molecule has 1 aromatic rings. The van der Waals surface area contributed by atoms with Crippen molar-refractivity contribution in [1.29, 1.82) is 0 Å². The number of nitrogens with two attached hydrogens (primary N) is 1. The molecular formula is C12H21N3S. The van der Waals surface area contributed by atoms with E-state index < -0.39 is 0 Å². The Morgan fingerprint density at radius 3 is 2.94 bits per heavy atom. The second-order valence-electron chi connectivity index (χ2n) is 5.58. The summed E-state index contributed by atoms with van der Waals surface area (Å²) < 4.78 is 0. The Balaban J connectivity index is 2.07. The molecule has 1 heterocycles. The second kappa shape index (κ2) is 4.34. The molecule has 16 heavy (non-hydrogen) atoms. The van der Waals surface area contributed by atoms with E-state index in [4.69, 9.17) is 5.73 Å². The lowest BCUT2D eigenvalue weighted by molar-refractivity contribution is 0.388. The Labute approximate surface area is 101 Å². The van der Waals surface area contributed by atoms with Crippen molar-refractivity contribution in [2.75, 3.05) is 12.3 Å². The Morgan fingerprint density at radius 1 is 1.50 bits per heavy atom. The van der Waals surface area contributed by atoms with Crippen molar-refractivity contribution in [1.82, 2.24) is 10.3 Å². The summed E-state index contributed by atoms with van der Waals surface area (Å²) in [6, 6.07) is 0. The fraction of sp³-hybridized carbons (Fsp3) is 0.750. The minimum Gasteiger partial charge on any atom is -0.375 e. The van der Waals surface area contributed by atoms with E-state index in [2.05, 4.69) is 31.1 Å². The van der Waals surface area contributed by atoms with E-state index in [1.807, 2.05) is 0 Å². The first-order valence-electron chi connectivity index (χ1n) is 5.96. The molecule has 3 N–H and O–H groups in total. The summed E-state index contributed by atoms with van der Waals surface area (Å²) in [6.45, 7) is 7.62. The first-order valence-corrected chi connectivity index (χ1v) is 6.77. The first kappa shape index (κ1) is 11.9. The zero-order valence-corrected chi connectivity index (χ0v) is 11.2. The summed E-state index contributed by atoms with van der Waals surface area (Å²) >= 11 is 1.67. The Morgan fingerprint density at radius 2 is 2.25 bits per heavy atom. The number of hydrogen-bond donors (Lipinski definition) is 2. The van der Waals surface area contributed by atoms with Crippen LogP contribution in [0.2, 0.25) is 0 Å². The van der Waals surface area contributed by atoms with Gasteiger partial charge in [-0.25, -0.2) is 4.98 Å². The highest BCUT2D eigenvalue weighted by Crippen LogP contribution is 2.35. The maximum Gasteiger partial charge on any atom is 0.180 e. The lowest BCUT2D eigenvalue weighted by atomic mass is 9.90. The topological polar surface area (TPSA) is 50.9 Å². The third-order valence-corrected chi connectivity index (χ3v) is 3.93. The number of nitrogens with one attached hydrogen (secondary N) is 1. The van der Waals surface area contributed by atoms with Crippen LogP contribution < -0.4 is 11.1 Å². The number of hydrogen-bond acceptors (Lipinski definition) is 4. The highest BCUT2D eigenvalue weighted by molar-refractivity contribution is 7.15. The van der Waals surface area contributed by atoms with Crippen LogP contribution in [0.3, 0.4) is 0 Å². The number of fused-ring (bicyclic) bond motifs is 1. The van der Waals surface area contributed by atoms with Crippen molar-refractivity contribution >= 4 is 16.5 Å². The van der Waals surface area contributed by atoms with E-state index >= 15 is 0 Å². The molecule has 90 valence electrons. The van der Waals surface area contributed by atoms with Gasteiger partial charge in [0.25, 0.3) is 0 Å². The van der Waals surface area contributed by atoms with Crippen molar-refractivity contribution < 1.29 is 0 Å². The maximum atomic E-state index is 5.79. The van der Waals surface area contributed by atoms with Crippen molar-refractivity contribution in [2.24, 2.45) is 0 Å². The average Bonchev–Trinajstić information content (AvgIpc) is 2.54. The molecule has 0 saturated heterocycles. The normalized spacial score (nSPS) is 20.8. The van der Waals surface area contributed by atoms with Gasteiger partial charge in [0.1, 0.15) is 0 Å². The van der Waals surface area contributed by atoms with Gasteiger partial charge >= 0.3 is 0 Å². The number of aromatic nitrogens is 1. The average molecular weight is 239 g/mol. The van der Waals surface area contributed by atoms with E-state index in [9.17, 15) is 0 Å². The lowest BCUT2D eigenvalue weighted by Crippen LogP contribution is -2.39. The van der Waals surface area contributed by atoms with Crippen LogP contribution in [0.5, 0.6) is 0 Å². The molecule has 0 spiro atoms. The van der Waals surface area contributed by atoms with Gasteiger partial charge in [-0.15, -0.1) is 11.3 Å². The molecule has 0 saturated carbocycles. The Bertz CT molecular complexity index is 365. The quantitative estimate of drug-likeness (QED) is 0.834. The fourth-order valence-electron chi connectivity index (χ4n) is 2.15. The highest BCUT2D eigenvalue weighted by Gasteiger charge is 2.25. The summed E-state index contributed by atoms with van der Waals surface area (Å²) in [5.41, 5.74) is 7.22. The number of nitrogen functional groups attached to an aromatic ring is 1. The summed E-state index contributed by atoms with van der Waals surface area (Å²) in [5, 5.41) is 4.29. The number of nitrogens with zero attached hydrogens (tertiary/aromatic N) is 1. The van der Waals surface area contributed by atoms with Gasteiger partial charge in [0, 0.05) is 22.9 Å². The van der Waals surface area contributed by atoms with Crippen LogP contribution >= 0.6 is 11.3 Å². The number of rotatable bonds is 2. The molecule has 1 atom stereocenters. The summed E-state index contributed by atoms with van der Waals surface area (Å²) in [6.07, 6.45) is 3.67. The van der Waals surface area contributed by atoms with Gasteiger partial charge < -0.3 is 11.1 Å². The SMILES string of the molecule is CC(C)(C)NCC1CCCc2sc(N)nc21. The van der Waals surface area contributed by atoms with E-state index in [1.54, 1.807) is 11.3 Å². The molecular weight excluding hydrogens is 218 g/mol. The second-order valence-corrected chi connectivity index (χ2v) is 6.70. The Hall–Kier alpha value is -0.610. The zero-order chi connectivity index (χ0) is 11.8. The monoisotopic (exact) mass is 239 g/mol. The standard InChI is InChI=1S/C12H21N3S/c1-12(2,3)14-7-8-5-4-6-9-10(8)15-11(13)16-9/h8,14H,4-7H2,1-3H3,(H2,13,15). The third-order valence-electron chi connectivity index (χ3n) is 2.97. The summed E-state index contributed by atoms with van der Waals surface area (Å²) in [4.78, 5) is 5.90. The first-order chi connectivity index (χ1) is 7.46. The van der Waals surface area contributed by atoms with Crippen molar-refractivity contribution in [3.8, 4) is 0 Å². The molecule has 0 radical (unpaired) electrons. The van der Waals surface area contributed by atoms with Crippen LogP contribution in [0.1, 0.15) is 50.1 Å². The minimum atomic E-state index is 0.180. The minimum absolute atomic E-state index is 0.180. The Kier molecular flexibility index (Phi) is 3.22. The zero-order valence-electron chi connectivity index (χ0n) is 10.3. The van der Waals surface area contributed by atoms with Gasteiger partial charge in [0.05, 0.1) is 5.69 Å². The molecule has 0 amide bonds. The highest BCUT2D eigenvalue weighted by atomic mass is 32.1. The predicted molar refractivity (Wildman–Crippen MR) is 70.0 cm³/mol. The molecule has 0 fully saturated rings. The van der Waals surface area contributed by atoms with Gasteiger partial charge in [-0.3, -0.25) is 0 Å². The van der Waals surface area contributed by atoms with Crippen LogP contribution in [-0.2, 0) is 6.42 Å².